The highest BCUT2D eigenvalue weighted by Crippen LogP contribution is 2.18. The summed E-state index contributed by atoms with van der Waals surface area (Å²) in [6, 6.07) is 0. The van der Waals surface area contributed by atoms with Crippen molar-refractivity contribution in [2.75, 3.05) is 52.0 Å². The molecule has 0 fully saturated rings. The zero-order valence-corrected chi connectivity index (χ0v) is 12.3. The third kappa shape index (κ3) is 5.77. The molecule has 1 N–H and O–H groups in total. The standard InChI is InChI=1S/C12H23N3O2S/c1-4-17-8-6-15(2)12-14-11(10-18-12)9-13-5-7-16-3/h10,13H,4-9H2,1-3H3. The number of nitrogens with zero attached hydrogens (tertiary/aromatic N) is 2. The fourth-order valence-corrected chi connectivity index (χ4v) is 2.20. The Morgan fingerprint density at radius 2 is 2.28 bits per heavy atom. The molecule has 104 valence electrons. The summed E-state index contributed by atoms with van der Waals surface area (Å²) in [4.78, 5) is 6.70. The summed E-state index contributed by atoms with van der Waals surface area (Å²) in [5.74, 6) is 0. The predicted molar refractivity (Wildman–Crippen MR) is 75.5 cm³/mol. The van der Waals surface area contributed by atoms with E-state index in [0.717, 1.165) is 50.3 Å². The molecule has 0 saturated carbocycles. The van der Waals surface area contributed by atoms with Gasteiger partial charge in [-0.05, 0) is 6.92 Å². The van der Waals surface area contributed by atoms with Crippen LogP contribution in [0.15, 0.2) is 5.38 Å². The Kier molecular flexibility index (Phi) is 7.91. The van der Waals surface area contributed by atoms with Crippen LogP contribution in [-0.4, -0.2) is 52.1 Å². The third-order valence-electron chi connectivity index (χ3n) is 2.43. The average molecular weight is 273 g/mol. The lowest BCUT2D eigenvalue weighted by molar-refractivity contribution is 0.154. The van der Waals surface area contributed by atoms with Gasteiger partial charge in [-0.25, -0.2) is 4.98 Å². The number of rotatable bonds is 10. The molecule has 0 spiro atoms. The minimum Gasteiger partial charge on any atom is -0.383 e. The van der Waals surface area contributed by atoms with Crippen LogP contribution in [0.2, 0.25) is 0 Å². The Morgan fingerprint density at radius 1 is 1.44 bits per heavy atom. The second-order valence-electron chi connectivity index (χ2n) is 3.91. The Morgan fingerprint density at radius 3 is 3.00 bits per heavy atom. The van der Waals surface area contributed by atoms with E-state index in [1.54, 1.807) is 18.4 Å². The van der Waals surface area contributed by atoms with Gasteiger partial charge in [-0.1, -0.05) is 0 Å². The summed E-state index contributed by atoms with van der Waals surface area (Å²) in [6.07, 6.45) is 0. The fraction of sp³-hybridized carbons (Fsp3) is 0.750. The Balaban J connectivity index is 2.28. The highest BCUT2D eigenvalue weighted by atomic mass is 32.1. The van der Waals surface area contributed by atoms with Crippen molar-refractivity contribution in [3.63, 3.8) is 0 Å². The van der Waals surface area contributed by atoms with E-state index in [9.17, 15) is 0 Å². The van der Waals surface area contributed by atoms with Crippen molar-refractivity contribution in [2.45, 2.75) is 13.5 Å². The average Bonchev–Trinajstić information content (AvgIpc) is 2.84. The molecule has 1 rings (SSSR count). The van der Waals surface area contributed by atoms with Gasteiger partial charge in [0.2, 0.25) is 0 Å². The molecule has 0 aliphatic heterocycles. The lowest BCUT2D eigenvalue weighted by atomic mass is 10.5. The van der Waals surface area contributed by atoms with Crippen LogP contribution in [-0.2, 0) is 16.0 Å². The van der Waals surface area contributed by atoms with Crippen LogP contribution in [0.25, 0.3) is 0 Å². The summed E-state index contributed by atoms with van der Waals surface area (Å²) in [6.45, 7) is 6.76. The summed E-state index contributed by atoms with van der Waals surface area (Å²) in [7, 11) is 3.75. The molecule has 5 nitrogen and oxygen atoms in total. The molecular weight excluding hydrogens is 250 g/mol. The van der Waals surface area contributed by atoms with Crippen LogP contribution >= 0.6 is 11.3 Å². The van der Waals surface area contributed by atoms with Gasteiger partial charge in [0.1, 0.15) is 0 Å². The molecule has 0 unspecified atom stereocenters. The lowest BCUT2D eigenvalue weighted by Gasteiger charge is -2.15. The first-order valence-corrected chi connectivity index (χ1v) is 7.08. The first-order valence-electron chi connectivity index (χ1n) is 6.20. The number of hydrogen-bond donors (Lipinski definition) is 1. The molecule has 0 radical (unpaired) electrons. The van der Waals surface area contributed by atoms with Gasteiger partial charge < -0.3 is 19.7 Å². The largest absolute Gasteiger partial charge is 0.383 e. The molecule has 0 saturated heterocycles. The van der Waals surface area contributed by atoms with E-state index < -0.39 is 0 Å². The van der Waals surface area contributed by atoms with Gasteiger partial charge in [-0.2, -0.15) is 0 Å². The molecule has 0 aliphatic carbocycles. The maximum atomic E-state index is 5.33. The van der Waals surface area contributed by atoms with Crippen molar-refractivity contribution in [1.82, 2.24) is 10.3 Å². The van der Waals surface area contributed by atoms with Gasteiger partial charge >= 0.3 is 0 Å². The van der Waals surface area contributed by atoms with Crippen molar-refractivity contribution in [3.05, 3.63) is 11.1 Å². The number of nitrogens with one attached hydrogen (secondary N) is 1. The van der Waals surface area contributed by atoms with E-state index in [2.05, 4.69) is 20.6 Å². The molecule has 1 aromatic heterocycles. The maximum absolute atomic E-state index is 5.33. The van der Waals surface area contributed by atoms with E-state index >= 15 is 0 Å². The number of methoxy groups -OCH3 is 1. The summed E-state index contributed by atoms with van der Waals surface area (Å²) >= 11 is 1.67. The lowest BCUT2D eigenvalue weighted by Crippen LogP contribution is -2.23. The number of hydrogen-bond acceptors (Lipinski definition) is 6. The molecule has 0 atom stereocenters. The Hall–Kier alpha value is -0.690. The summed E-state index contributed by atoms with van der Waals surface area (Å²) < 4.78 is 10.3. The van der Waals surface area contributed by atoms with Gasteiger partial charge in [-0.3, -0.25) is 0 Å². The van der Waals surface area contributed by atoms with Crippen molar-refractivity contribution < 1.29 is 9.47 Å². The zero-order valence-electron chi connectivity index (χ0n) is 11.4. The molecule has 1 heterocycles. The smallest absolute Gasteiger partial charge is 0.185 e. The molecule has 0 aromatic carbocycles. The molecule has 6 heteroatoms. The monoisotopic (exact) mass is 273 g/mol. The van der Waals surface area contributed by atoms with Crippen LogP contribution in [0.1, 0.15) is 12.6 Å². The summed E-state index contributed by atoms with van der Waals surface area (Å²) in [5, 5.41) is 6.41. The van der Waals surface area contributed by atoms with Crippen LogP contribution < -0.4 is 10.2 Å². The zero-order chi connectivity index (χ0) is 13.2. The van der Waals surface area contributed by atoms with E-state index in [-0.39, 0.29) is 0 Å². The van der Waals surface area contributed by atoms with Crippen molar-refractivity contribution in [2.24, 2.45) is 0 Å². The number of ether oxygens (including phenoxy) is 2. The van der Waals surface area contributed by atoms with Crippen molar-refractivity contribution >= 4 is 16.5 Å². The molecule has 0 aliphatic rings. The topological polar surface area (TPSA) is 46.6 Å². The first kappa shape index (κ1) is 15.4. The number of anilines is 1. The van der Waals surface area contributed by atoms with Crippen LogP contribution in [0, 0.1) is 0 Å². The number of thiazole rings is 1. The van der Waals surface area contributed by atoms with Crippen LogP contribution in [0.3, 0.4) is 0 Å². The van der Waals surface area contributed by atoms with E-state index in [0.29, 0.717) is 0 Å². The molecule has 1 aromatic rings. The quantitative estimate of drug-likeness (QED) is 0.652. The Bertz CT molecular complexity index is 320. The van der Waals surface area contributed by atoms with Crippen molar-refractivity contribution in [3.8, 4) is 0 Å². The normalized spacial score (nSPS) is 10.8. The minimum atomic E-state index is 0.727. The van der Waals surface area contributed by atoms with E-state index in [4.69, 9.17) is 9.47 Å². The van der Waals surface area contributed by atoms with Gasteiger partial charge in [0.15, 0.2) is 5.13 Å². The van der Waals surface area contributed by atoms with Crippen LogP contribution in [0.4, 0.5) is 5.13 Å². The van der Waals surface area contributed by atoms with Gasteiger partial charge in [0, 0.05) is 45.8 Å². The molecule has 18 heavy (non-hydrogen) atoms. The second kappa shape index (κ2) is 9.27. The summed E-state index contributed by atoms with van der Waals surface area (Å²) in [5.41, 5.74) is 1.08. The molecule has 0 amide bonds. The fourth-order valence-electron chi connectivity index (χ4n) is 1.38. The van der Waals surface area contributed by atoms with Crippen molar-refractivity contribution in [1.29, 1.82) is 0 Å². The van der Waals surface area contributed by atoms with Gasteiger partial charge in [0.05, 0.1) is 18.9 Å². The predicted octanol–water partition coefficient (Wildman–Crippen LogP) is 1.35. The SMILES string of the molecule is CCOCCN(C)c1nc(CNCCOC)cs1. The maximum Gasteiger partial charge on any atom is 0.185 e. The van der Waals surface area contributed by atoms with Gasteiger partial charge in [0.25, 0.3) is 0 Å². The number of aromatic nitrogens is 1. The van der Waals surface area contributed by atoms with E-state index in [1.165, 1.54) is 0 Å². The number of likely N-dealkylation sites (N-methyl/N-ethyl adjacent to an activating group) is 1. The third-order valence-corrected chi connectivity index (χ3v) is 3.43. The first-order chi connectivity index (χ1) is 8.77. The van der Waals surface area contributed by atoms with Gasteiger partial charge in [-0.15, -0.1) is 11.3 Å². The highest BCUT2D eigenvalue weighted by molar-refractivity contribution is 7.13. The second-order valence-corrected chi connectivity index (χ2v) is 4.75. The highest BCUT2D eigenvalue weighted by Gasteiger charge is 2.06. The minimum absolute atomic E-state index is 0.727. The molecule has 0 bridgehead atoms. The van der Waals surface area contributed by atoms with Crippen LogP contribution in [0.5, 0.6) is 0 Å². The molecular formula is C12H23N3O2S. The Labute approximate surface area is 113 Å². The van der Waals surface area contributed by atoms with E-state index in [1.807, 2.05) is 14.0 Å².